The van der Waals surface area contributed by atoms with Crippen LogP contribution in [0, 0.1) is 0 Å². The van der Waals surface area contributed by atoms with Crippen LogP contribution >= 0.6 is 11.6 Å². The molecular formula is C16H18ClNO4S. The largest absolute Gasteiger partial charge is 0.497 e. The van der Waals surface area contributed by atoms with E-state index in [9.17, 15) is 8.42 Å². The Balaban J connectivity index is 2.19. The zero-order chi connectivity index (χ0) is 16.9. The van der Waals surface area contributed by atoms with Crippen molar-refractivity contribution in [3.05, 3.63) is 53.1 Å². The molecule has 0 aliphatic heterocycles. The Morgan fingerprint density at radius 2 is 1.83 bits per heavy atom. The molecule has 2 rings (SSSR count). The molecule has 7 heteroatoms. The third kappa shape index (κ3) is 4.60. The van der Waals surface area contributed by atoms with Crippen LogP contribution in [0.15, 0.2) is 47.4 Å². The van der Waals surface area contributed by atoms with Crippen LogP contribution in [-0.2, 0) is 16.6 Å². The van der Waals surface area contributed by atoms with Gasteiger partial charge in [-0.2, -0.15) is 0 Å². The number of ether oxygens (including phenoxy) is 2. The topological polar surface area (TPSA) is 64.6 Å². The fourth-order valence-corrected chi connectivity index (χ4v) is 3.39. The van der Waals surface area contributed by atoms with Gasteiger partial charge in [-0.3, -0.25) is 0 Å². The summed E-state index contributed by atoms with van der Waals surface area (Å²) in [5.41, 5.74) is 0.814. The highest BCUT2D eigenvalue weighted by molar-refractivity contribution is 7.89. The van der Waals surface area contributed by atoms with Gasteiger partial charge >= 0.3 is 0 Å². The van der Waals surface area contributed by atoms with Gasteiger partial charge in [0.1, 0.15) is 16.4 Å². The Kier molecular flexibility index (Phi) is 5.87. The minimum atomic E-state index is -3.74. The zero-order valence-electron chi connectivity index (χ0n) is 12.9. The number of hydrogen-bond donors (Lipinski definition) is 1. The molecule has 0 radical (unpaired) electrons. The first kappa shape index (κ1) is 17.6. The van der Waals surface area contributed by atoms with E-state index in [4.69, 9.17) is 21.1 Å². The third-order valence-electron chi connectivity index (χ3n) is 3.12. The first-order valence-electron chi connectivity index (χ1n) is 7.01. The molecule has 0 aliphatic carbocycles. The van der Waals surface area contributed by atoms with Gasteiger partial charge in [0.25, 0.3) is 0 Å². The fraction of sp³-hybridized carbons (Fsp3) is 0.250. The molecule has 5 nitrogen and oxygen atoms in total. The Morgan fingerprint density at radius 3 is 2.43 bits per heavy atom. The van der Waals surface area contributed by atoms with Crippen LogP contribution < -0.4 is 14.2 Å². The predicted molar refractivity (Wildman–Crippen MR) is 89.6 cm³/mol. The smallest absolute Gasteiger partial charge is 0.244 e. The Labute approximate surface area is 141 Å². The van der Waals surface area contributed by atoms with Gasteiger partial charge in [0.2, 0.25) is 10.0 Å². The molecule has 2 aromatic carbocycles. The monoisotopic (exact) mass is 355 g/mol. The second-order valence-electron chi connectivity index (χ2n) is 4.70. The summed E-state index contributed by atoms with van der Waals surface area (Å²) in [7, 11) is -2.16. The molecule has 0 unspecified atom stereocenters. The molecule has 0 spiro atoms. The Bertz CT molecular complexity index is 760. The zero-order valence-corrected chi connectivity index (χ0v) is 14.4. The number of benzene rings is 2. The molecule has 2 aromatic rings. The summed E-state index contributed by atoms with van der Waals surface area (Å²) in [4.78, 5) is 0.0281. The number of halogens is 1. The quantitative estimate of drug-likeness (QED) is 0.828. The van der Waals surface area contributed by atoms with Gasteiger partial charge in [0.15, 0.2) is 0 Å². The van der Waals surface area contributed by atoms with Crippen molar-refractivity contribution in [2.24, 2.45) is 0 Å². The van der Waals surface area contributed by atoms with Crippen molar-refractivity contribution in [3.63, 3.8) is 0 Å². The maximum Gasteiger partial charge on any atom is 0.244 e. The van der Waals surface area contributed by atoms with Crippen LogP contribution in [0.25, 0.3) is 0 Å². The highest BCUT2D eigenvalue weighted by atomic mass is 35.5. The van der Waals surface area contributed by atoms with Crippen LogP contribution in [0.4, 0.5) is 0 Å². The number of hydrogen-bond acceptors (Lipinski definition) is 4. The Hall–Kier alpha value is -1.76. The van der Waals surface area contributed by atoms with Crippen molar-refractivity contribution in [3.8, 4) is 11.5 Å². The maximum absolute atomic E-state index is 12.5. The van der Waals surface area contributed by atoms with E-state index < -0.39 is 10.0 Å². The van der Waals surface area contributed by atoms with Gasteiger partial charge in [-0.1, -0.05) is 23.7 Å². The first-order valence-corrected chi connectivity index (χ1v) is 8.87. The summed E-state index contributed by atoms with van der Waals surface area (Å²) in [6.45, 7) is 2.31. The van der Waals surface area contributed by atoms with E-state index >= 15 is 0 Å². The lowest BCUT2D eigenvalue weighted by Gasteiger charge is -2.12. The molecule has 1 N–H and O–H groups in total. The summed E-state index contributed by atoms with van der Waals surface area (Å²) in [6.07, 6.45) is 0. The molecule has 0 fully saturated rings. The SMILES string of the molecule is CCOc1ccc(Cl)cc1S(=O)(=O)NCc1ccc(OC)cc1. The number of nitrogens with one attached hydrogen (secondary N) is 1. The molecule has 0 atom stereocenters. The van der Waals surface area contributed by atoms with Crippen molar-refractivity contribution in [2.45, 2.75) is 18.4 Å². The lowest BCUT2D eigenvalue weighted by molar-refractivity contribution is 0.331. The summed E-state index contributed by atoms with van der Waals surface area (Å²) in [5.74, 6) is 0.990. The third-order valence-corrected chi connectivity index (χ3v) is 4.78. The predicted octanol–water partition coefficient (Wildman–Crippen LogP) is 3.23. The molecule has 0 heterocycles. The van der Waals surface area contributed by atoms with Gasteiger partial charge in [-0.15, -0.1) is 0 Å². The van der Waals surface area contributed by atoms with Crippen LogP contribution in [0.5, 0.6) is 11.5 Å². The van der Waals surface area contributed by atoms with Gasteiger partial charge in [0, 0.05) is 11.6 Å². The van der Waals surface area contributed by atoms with E-state index in [1.54, 1.807) is 50.4 Å². The van der Waals surface area contributed by atoms with Crippen LogP contribution in [0.3, 0.4) is 0 Å². The normalized spacial score (nSPS) is 11.3. The second-order valence-corrected chi connectivity index (χ2v) is 6.87. The molecule has 23 heavy (non-hydrogen) atoms. The number of rotatable bonds is 7. The van der Waals surface area contributed by atoms with E-state index in [1.807, 2.05) is 0 Å². The molecule has 0 aromatic heterocycles. The number of sulfonamides is 1. The molecule has 0 bridgehead atoms. The van der Waals surface area contributed by atoms with Crippen molar-refractivity contribution < 1.29 is 17.9 Å². The van der Waals surface area contributed by atoms with E-state index in [0.717, 1.165) is 5.56 Å². The summed E-state index contributed by atoms with van der Waals surface area (Å²) < 4.78 is 38.0. The molecule has 0 saturated carbocycles. The maximum atomic E-state index is 12.5. The highest BCUT2D eigenvalue weighted by Gasteiger charge is 2.20. The van der Waals surface area contributed by atoms with Crippen molar-refractivity contribution in [2.75, 3.05) is 13.7 Å². The molecular weight excluding hydrogens is 338 g/mol. The van der Waals surface area contributed by atoms with Gasteiger partial charge in [-0.05, 0) is 42.8 Å². The lowest BCUT2D eigenvalue weighted by atomic mass is 10.2. The van der Waals surface area contributed by atoms with Crippen LogP contribution in [0.2, 0.25) is 5.02 Å². The average Bonchev–Trinajstić information content (AvgIpc) is 2.55. The molecule has 0 saturated heterocycles. The average molecular weight is 356 g/mol. The van der Waals surface area contributed by atoms with Crippen LogP contribution in [0.1, 0.15) is 12.5 Å². The summed E-state index contributed by atoms with van der Waals surface area (Å²) in [6, 6.07) is 11.7. The van der Waals surface area contributed by atoms with Gasteiger partial charge in [-0.25, -0.2) is 13.1 Å². The standard InChI is InChI=1S/C16H18ClNO4S/c1-3-22-15-9-6-13(17)10-16(15)23(19,20)18-11-12-4-7-14(21-2)8-5-12/h4-10,18H,3,11H2,1-2H3. The minimum Gasteiger partial charge on any atom is -0.497 e. The Morgan fingerprint density at radius 1 is 1.13 bits per heavy atom. The van der Waals surface area contributed by atoms with E-state index in [-0.39, 0.29) is 17.2 Å². The van der Waals surface area contributed by atoms with Crippen LogP contribution in [-0.4, -0.2) is 22.1 Å². The van der Waals surface area contributed by atoms with Gasteiger partial charge < -0.3 is 9.47 Å². The summed E-state index contributed by atoms with van der Waals surface area (Å²) in [5, 5.41) is 0.332. The minimum absolute atomic E-state index is 0.0281. The van der Waals surface area contributed by atoms with E-state index in [2.05, 4.69) is 4.72 Å². The molecule has 124 valence electrons. The highest BCUT2D eigenvalue weighted by Crippen LogP contribution is 2.27. The molecule has 0 amide bonds. The summed E-state index contributed by atoms with van der Waals surface area (Å²) >= 11 is 5.91. The fourth-order valence-electron chi connectivity index (χ4n) is 1.97. The van der Waals surface area contributed by atoms with Crippen molar-refractivity contribution in [1.82, 2.24) is 4.72 Å². The van der Waals surface area contributed by atoms with E-state index in [0.29, 0.717) is 17.4 Å². The first-order chi connectivity index (χ1) is 11.0. The lowest BCUT2D eigenvalue weighted by Crippen LogP contribution is -2.24. The van der Waals surface area contributed by atoms with E-state index in [1.165, 1.54) is 6.07 Å². The number of methoxy groups -OCH3 is 1. The van der Waals surface area contributed by atoms with Gasteiger partial charge in [0.05, 0.1) is 13.7 Å². The van der Waals surface area contributed by atoms with Crippen molar-refractivity contribution in [1.29, 1.82) is 0 Å². The molecule has 0 aliphatic rings. The second kappa shape index (κ2) is 7.68. The van der Waals surface area contributed by atoms with Crippen molar-refractivity contribution >= 4 is 21.6 Å².